The molecule has 0 saturated heterocycles. The Kier molecular flexibility index (Phi) is 3.68. The molecule has 0 N–H and O–H groups in total. The van der Waals surface area contributed by atoms with Crippen LogP contribution in [0.1, 0.15) is 50.7 Å². The van der Waals surface area contributed by atoms with Crippen molar-refractivity contribution in [3.05, 3.63) is 52.9 Å². The largest absolute Gasteiger partial charge is 0.139 e. The second kappa shape index (κ2) is 5.05. The van der Waals surface area contributed by atoms with Crippen LogP contribution in [0.5, 0.6) is 0 Å². The van der Waals surface area contributed by atoms with Gasteiger partial charge in [-0.25, -0.2) is 0 Å². The fourth-order valence-corrected chi connectivity index (χ4v) is 4.68. The molecule has 1 radical (unpaired) electrons. The minimum absolute atomic E-state index is 0.580. The molecule has 1 aliphatic heterocycles. The van der Waals surface area contributed by atoms with E-state index in [-0.39, 0.29) is 0 Å². The van der Waals surface area contributed by atoms with Gasteiger partial charge in [0.15, 0.2) is 0 Å². The third-order valence-corrected chi connectivity index (χ3v) is 5.47. The number of benzene rings is 1. The summed E-state index contributed by atoms with van der Waals surface area (Å²) < 4.78 is 0. The van der Waals surface area contributed by atoms with E-state index in [4.69, 9.17) is 0 Å². The summed E-state index contributed by atoms with van der Waals surface area (Å²) in [6.45, 7) is 9.22. The summed E-state index contributed by atoms with van der Waals surface area (Å²) >= 11 is 0. The van der Waals surface area contributed by atoms with Gasteiger partial charge in [0.05, 0.1) is 0 Å². The number of hydrogen-bond donors (Lipinski definition) is 0. The van der Waals surface area contributed by atoms with Crippen molar-refractivity contribution in [1.82, 2.24) is 0 Å². The third-order valence-electron chi connectivity index (χ3n) is 3.31. The molecule has 1 aromatic carbocycles. The molecule has 0 aromatic heterocycles. The monoisotopic (exact) mass is 241 g/mol. The Balaban J connectivity index is 2.54. The van der Waals surface area contributed by atoms with E-state index in [1.54, 1.807) is 10.8 Å². The molecule has 1 heteroatoms. The minimum atomic E-state index is -0.580. The van der Waals surface area contributed by atoms with Crippen LogP contribution in [-0.4, -0.2) is 8.80 Å². The Labute approximate surface area is 107 Å². The van der Waals surface area contributed by atoms with E-state index < -0.39 is 8.80 Å². The van der Waals surface area contributed by atoms with Crippen LogP contribution in [0.15, 0.2) is 41.7 Å². The van der Waals surface area contributed by atoms with Crippen molar-refractivity contribution >= 4 is 14.0 Å². The van der Waals surface area contributed by atoms with Crippen molar-refractivity contribution in [2.75, 3.05) is 0 Å². The quantitative estimate of drug-likeness (QED) is 0.705. The van der Waals surface area contributed by atoms with Crippen molar-refractivity contribution in [3.63, 3.8) is 0 Å². The van der Waals surface area contributed by atoms with Crippen LogP contribution in [0.2, 0.25) is 0 Å². The molecule has 1 aromatic rings. The van der Waals surface area contributed by atoms with E-state index >= 15 is 0 Å². The minimum Gasteiger partial charge on any atom is -0.0877 e. The van der Waals surface area contributed by atoms with E-state index in [2.05, 4.69) is 69.4 Å². The second-order valence-electron chi connectivity index (χ2n) is 5.29. The summed E-state index contributed by atoms with van der Waals surface area (Å²) in [7, 11) is -0.580. The van der Waals surface area contributed by atoms with Gasteiger partial charge in [0.2, 0.25) is 0 Å². The summed E-state index contributed by atoms with van der Waals surface area (Å²) in [5.74, 6) is 1.23. The zero-order chi connectivity index (χ0) is 12.4. The van der Waals surface area contributed by atoms with Crippen LogP contribution >= 0.6 is 0 Å². The van der Waals surface area contributed by atoms with Crippen LogP contribution in [0.3, 0.4) is 0 Å². The predicted molar refractivity (Wildman–Crippen MR) is 78.3 cm³/mol. The molecule has 0 atom stereocenters. The van der Waals surface area contributed by atoms with E-state index in [1.807, 2.05) is 0 Å². The SMILES string of the molecule is CC(C)c1cccc([Si]2C=CC=C2)c1C(C)C. The van der Waals surface area contributed by atoms with Gasteiger partial charge in [-0.05, 0) is 28.1 Å². The lowest BCUT2D eigenvalue weighted by Gasteiger charge is -2.21. The highest BCUT2D eigenvalue weighted by Gasteiger charge is 2.19. The van der Waals surface area contributed by atoms with Gasteiger partial charge in [-0.1, -0.05) is 69.4 Å². The Hall–Kier alpha value is -1.08. The Morgan fingerprint density at radius 1 is 0.882 bits per heavy atom. The maximum absolute atomic E-state index is 2.38. The van der Waals surface area contributed by atoms with Gasteiger partial charge in [0, 0.05) is 0 Å². The van der Waals surface area contributed by atoms with Crippen LogP contribution in [-0.2, 0) is 0 Å². The van der Waals surface area contributed by atoms with Crippen molar-refractivity contribution in [2.24, 2.45) is 0 Å². The first-order valence-electron chi connectivity index (χ1n) is 6.46. The summed E-state index contributed by atoms with van der Waals surface area (Å²) in [5, 5.41) is 1.58. The molecular weight excluding hydrogens is 220 g/mol. The molecule has 0 nitrogen and oxygen atoms in total. The molecule has 0 fully saturated rings. The Bertz CT molecular complexity index is 441. The molecule has 89 valence electrons. The zero-order valence-electron chi connectivity index (χ0n) is 11.2. The first kappa shape index (κ1) is 12.4. The summed E-state index contributed by atoms with van der Waals surface area (Å²) in [4.78, 5) is 0. The molecule has 0 amide bonds. The molecule has 0 saturated carbocycles. The fourth-order valence-electron chi connectivity index (χ4n) is 2.54. The van der Waals surface area contributed by atoms with E-state index in [0.717, 1.165) is 0 Å². The molecule has 0 unspecified atom stereocenters. The Morgan fingerprint density at radius 3 is 2.06 bits per heavy atom. The van der Waals surface area contributed by atoms with Gasteiger partial charge in [0.1, 0.15) is 8.80 Å². The van der Waals surface area contributed by atoms with Gasteiger partial charge in [-0.2, -0.15) is 0 Å². The van der Waals surface area contributed by atoms with Crippen LogP contribution in [0, 0.1) is 0 Å². The number of allylic oxidation sites excluding steroid dienone is 2. The lowest BCUT2D eigenvalue weighted by molar-refractivity contribution is 0.795. The van der Waals surface area contributed by atoms with Gasteiger partial charge < -0.3 is 0 Å². The number of hydrogen-bond acceptors (Lipinski definition) is 0. The lowest BCUT2D eigenvalue weighted by Crippen LogP contribution is -2.30. The maximum atomic E-state index is 2.38. The fraction of sp³-hybridized carbons (Fsp3) is 0.375. The zero-order valence-corrected chi connectivity index (χ0v) is 12.2. The highest BCUT2D eigenvalue weighted by Crippen LogP contribution is 2.25. The van der Waals surface area contributed by atoms with Crippen LogP contribution < -0.4 is 5.19 Å². The van der Waals surface area contributed by atoms with Crippen LogP contribution in [0.25, 0.3) is 0 Å². The molecule has 0 aliphatic carbocycles. The van der Waals surface area contributed by atoms with Crippen molar-refractivity contribution in [3.8, 4) is 0 Å². The summed E-state index contributed by atoms with van der Waals surface area (Å²) in [6, 6.07) is 6.86. The van der Waals surface area contributed by atoms with Gasteiger partial charge in [-0.15, -0.1) is 0 Å². The topological polar surface area (TPSA) is 0 Å². The highest BCUT2D eigenvalue weighted by atomic mass is 28.3. The first-order chi connectivity index (χ1) is 8.11. The molecule has 2 rings (SSSR count). The number of rotatable bonds is 3. The average molecular weight is 241 g/mol. The Morgan fingerprint density at radius 2 is 1.53 bits per heavy atom. The smallest absolute Gasteiger partial charge is 0.0877 e. The van der Waals surface area contributed by atoms with Gasteiger partial charge >= 0.3 is 0 Å². The van der Waals surface area contributed by atoms with Crippen molar-refractivity contribution in [2.45, 2.75) is 39.5 Å². The first-order valence-corrected chi connectivity index (χ1v) is 8.11. The predicted octanol–water partition coefficient (Wildman–Crippen LogP) is 3.84. The van der Waals surface area contributed by atoms with E-state index in [9.17, 15) is 0 Å². The normalized spacial score (nSPS) is 15.4. The molecule has 1 aliphatic rings. The summed E-state index contributed by atoms with van der Waals surface area (Å²) in [6.07, 6.45) is 4.39. The van der Waals surface area contributed by atoms with Gasteiger partial charge in [0.25, 0.3) is 0 Å². The average Bonchev–Trinajstić information content (AvgIpc) is 2.81. The molecule has 0 spiro atoms. The van der Waals surface area contributed by atoms with Crippen LogP contribution in [0.4, 0.5) is 0 Å². The molecular formula is C16H21Si. The standard InChI is InChI=1S/C16H21Si/c1-12(2)14-8-7-9-15(16(14)13(3)4)17-10-5-6-11-17/h5-13H,1-4H3. The lowest BCUT2D eigenvalue weighted by atomic mass is 9.91. The van der Waals surface area contributed by atoms with Gasteiger partial charge in [-0.3, -0.25) is 0 Å². The second-order valence-corrected chi connectivity index (χ2v) is 7.41. The third kappa shape index (κ3) is 2.44. The van der Waals surface area contributed by atoms with E-state index in [1.165, 1.54) is 5.56 Å². The van der Waals surface area contributed by atoms with Crippen molar-refractivity contribution < 1.29 is 0 Å². The molecule has 1 heterocycles. The van der Waals surface area contributed by atoms with Crippen molar-refractivity contribution in [1.29, 1.82) is 0 Å². The molecule has 17 heavy (non-hydrogen) atoms. The highest BCUT2D eigenvalue weighted by molar-refractivity contribution is 6.83. The molecule has 0 bridgehead atoms. The van der Waals surface area contributed by atoms with E-state index in [0.29, 0.717) is 11.8 Å². The summed E-state index contributed by atoms with van der Waals surface area (Å²) in [5.41, 5.74) is 7.89. The maximum Gasteiger partial charge on any atom is 0.139 e.